The molecule has 3 atom stereocenters. The van der Waals surface area contributed by atoms with Gasteiger partial charge < -0.3 is 28.8 Å². The third kappa shape index (κ3) is 67.2. The summed E-state index contributed by atoms with van der Waals surface area (Å²) in [4.78, 5) is 25.7. The van der Waals surface area contributed by atoms with Crippen molar-refractivity contribution in [1.82, 2.24) is 5.32 Å². The normalized spacial score (nSPS) is 14.1. The molecule has 0 aliphatic carbocycles. The average Bonchev–Trinajstić information content (AvgIpc) is 3.56. The molecule has 84 heavy (non-hydrogen) atoms. The Morgan fingerprint density at radius 2 is 0.726 bits per heavy atom. The molecule has 0 bridgehead atoms. The van der Waals surface area contributed by atoms with Gasteiger partial charge in [-0.2, -0.15) is 0 Å². The predicted molar refractivity (Wildman–Crippen MR) is 367 cm³/mol. The van der Waals surface area contributed by atoms with Gasteiger partial charge in [-0.25, -0.2) is 0 Å². The molecule has 0 radical (unpaired) electrons. The summed E-state index contributed by atoms with van der Waals surface area (Å²) in [6.07, 6.45) is 92.8. The summed E-state index contributed by atoms with van der Waals surface area (Å²) >= 11 is 0. The van der Waals surface area contributed by atoms with Gasteiger partial charge in [0.05, 0.1) is 39.9 Å². The first-order valence-electron chi connectivity index (χ1n) is 35.9. The highest BCUT2D eigenvalue weighted by atomic mass is 31.2. The molecular weight excluding hydrogens is 1060 g/mol. The van der Waals surface area contributed by atoms with Crippen molar-refractivity contribution >= 4 is 13.7 Å². The number of carbonyl (C=O) groups is 1. The second-order valence-electron chi connectivity index (χ2n) is 25.6. The number of nitrogens with zero attached hydrogens (tertiary/aromatic N) is 1. The third-order valence-corrected chi connectivity index (χ3v) is 17.1. The van der Waals surface area contributed by atoms with Crippen LogP contribution in [0.15, 0.2) is 85.1 Å². The molecular formula is C75H139N2O6P. The minimum Gasteiger partial charge on any atom is -0.756 e. The summed E-state index contributed by atoms with van der Waals surface area (Å²) in [5.41, 5.74) is 0. The maximum Gasteiger partial charge on any atom is 0.268 e. The van der Waals surface area contributed by atoms with Crippen molar-refractivity contribution in [2.75, 3.05) is 40.9 Å². The molecule has 1 amide bonds. The Labute approximate surface area is 522 Å². The summed E-state index contributed by atoms with van der Waals surface area (Å²) in [5, 5.41) is 14.0. The first kappa shape index (κ1) is 81.7. The van der Waals surface area contributed by atoms with E-state index in [1.54, 1.807) is 6.08 Å². The molecule has 0 saturated heterocycles. The molecule has 490 valence electrons. The lowest BCUT2D eigenvalue weighted by atomic mass is 10.0. The van der Waals surface area contributed by atoms with Crippen LogP contribution in [-0.2, 0) is 18.4 Å². The number of phosphoric ester groups is 1. The maximum atomic E-state index is 13.1. The van der Waals surface area contributed by atoms with E-state index >= 15 is 0 Å². The Bertz CT molecular complexity index is 1650. The minimum atomic E-state index is -4.61. The number of allylic oxidation sites excluding steroid dienone is 13. The van der Waals surface area contributed by atoms with Crippen LogP contribution in [0.25, 0.3) is 0 Å². The zero-order valence-electron chi connectivity index (χ0n) is 56.1. The van der Waals surface area contributed by atoms with Gasteiger partial charge >= 0.3 is 0 Å². The first-order valence-corrected chi connectivity index (χ1v) is 37.4. The molecule has 0 rings (SSSR count). The number of hydrogen-bond acceptors (Lipinski definition) is 6. The second kappa shape index (κ2) is 65.1. The molecule has 0 fully saturated rings. The fourth-order valence-corrected chi connectivity index (χ4v) is 11.3. The Kier molecular flexibility index (Phi) is 63.3. The second-order valence-corrected chi connectivity index (χ2v) is 27.0. The van der Waals surface area contributed by atoms with E-state index in [9.17, 15) is 19.4 Å². The molecule has 0 aliphatic rings. The van der Waals surface area contributed by atoms with Crippen molar-refractivity contribution in [3.8, 4) is 0 Å². The van der Waals surface area contributed by atoms with E-state index in [2.05, 4.69) is 92.1 Å². The lowest BCUT2D eigenvalue weighted by Crippen LogP contribution is -2.45. The zero-order chi connectivity index (χ0) is 61.2. The highest BCUT2D eigenvalue weighted by Crippen LogP contribution is 2.38. The summed E-state index contributed by atoms with van der Waals surface area (Å²) in [6.45, 7) is 4.57. The summed E-state index contributed by atoms with van der Waals surface area (Å²) in [6, 6.07) is -0.893. The lowest BCUT2D eigenvalue weighted by Gasteiger charge is -2.29. The van der Waals surface area contributed by atoms with Crippen LogP contribution in [0.5, 0.6) is 0 Å². The largest absolute Gasteiger partial charge is 0.756 e. The molecule has 0 aliphatic heterocycles. The maximum absolute atomic E-state index is 13.1. The SMILES string of the molecule is CC/C=C\C/C=C\C/C=C\C/C=C\C/C=C\C/C=C\CCCCCCCCCCCCCCCCC(=O)NC(COP(=O)([O-])OCC[N+](C)(C)C)C(O)/C=C/CCCCCCCCCCCCCCCCCCCCCCCCCCCCC. The molecule has 9 heteroatoms. The van der Waals surface area contributed by atoms with Gasteiger partial charge in [-0.15, -0.1) is 0 Å². The highest BCUT2D eigenvalue weighted by Gasteiger charge is 2.23. The van der Waals surface area contributed by atoms with Crippen LogP contribution in [0.1, 0.15) is 335 Å². The number of quaternary nitrogens is 1. The van der Waals surface area contributed by atoms with Crippen molar-refractivity contribution in [2.45, 2.75) is 347 Å². The summed E-state index contributed by atoms with van der Waals surface area (Å²) in [7, 11) is 1.27. The van der Waals surface area contributed by atoms with E-state index in [4.69, 9.17) is 9.05 Å². The van der Waals surface area contributed by atoms with E-state index in [-0.39, 0.29) is 19.1 Å². The van der Waals surface area contributed by atoms with Gasteiger partial charge in [0.25, 0.3) is 7.82 Å². The van der Waals surface area contributed by atoms with Crippen molar-refractivity contribution in [3.05, 3.63) is 85.1 Å². The van der Waals surface area contributed by atoms with Crippen LogP contribution in [0.2, 0.25) is 0 Å². The Morgan fingerprint density at radius 1 is 0.429 bits per heavy atom. The van der Waals surface area contributed by atoms with Crippen LogP contribution in [0, 0.1) is 0 Å². The van der Waals surface area contributed by atoms with Crippen molar-refractivity contribution in [2.24, 2.45) is 0 Å². The van der Waals surface area contributed by atoms with Crippen LogP contribution >= 0.6 is 7.82 Å². The number of rotatable bonds is 66. The Hall–Kier alpha value is -2.32. The van der Waals surface area contributed by atoms with Crippen molar-refractivity contribution in [1.29, 1.82) is 0 Å². The minimum absolute atomic E-state index is 0.00283. The summed E-state index contributed by atoms with van der Waals surface area (Å²) in [5.74, 6) is -0.196. The smallest absolute Gasteiger partial charge is 0.268 e. The van der Waals surface area contributed by atoms with Crippen molar-refractivity contribution < 1.29 is 32.9 Å². The molecule has 0 spiro atoms. The average molecular weight is 1200 g/mol. The van der Waals surface area contributed by atoms with Crippen LogP contribution in [0.4, 0.5) is 0 Å². The first-order chi connectivity index (χ1) is 41.0. The standard InChI is InChI=1S/C75H139N2O6P/c1-6-8-10-12-14-16-18-20-22-24-26-28-30-32-34-36-37-38-39-41-43-45-47-49-51-53-55-57-59-61-63-65-67-69-75(79)76-73(72-83-84(80,81)82-71-70-77(3,4)5)74(78)68-66-64-62-60-58-56-54-52-50-48-46-44-42-40-35-33-31-29-27-25-23-21-19-17-15-13-11-9-7-2/h8,10,14,16,20,22,26,28,32,34,37-38,66,68,73-74,78H,6-7,9,11-13,15,17-19,21,23-25,27,29-31,33,35-36,39-65,67,69-72H2,1-5H3,(H-,76,79,80,81)/b10-8-,16-14-,22-20-,28-26-,34-32-,38-37-,68-66+. The van der Waals surface area contributed by atoms with Gasteiger partial charge in [0.1, 0.15) is 13.2 Å². The predicted octanol–water partition coefficient (Wildman–Crippen LogP) is 22.5. The van der Waals surface area contributed by atoms with Crippen LogP contribution in [0.3, 0.4) is 0 Å². The molecule has 0 aromatic carbocycles. The number of likely N-dealkylation sites (N-methyl/N-ethyl adjacent to an activating group) is 1. The quantitative estimate of drug-likeness (QED) is 0.0272. The van der Waals surface area contributed by atoms with E-state index in [0.717, 1.165) is 77.0 Å². The Morgan fingerprint density at radius 3 is 1.06 bits per heavy atom. The molecule has 0 aromatic heterocycles. The van der Waals surface area contributed by atoms with Crippen LogP contribution < -0.4 is 10.2 Å². The van der Waals surface area contributed by atoms with Gasteiger partial charge in [-0.1, -0.05) is 343 Å². The number of phosphoric acid groups is 1. The van der Waals surface area contributed by atoms with Gasteiger partial charge in [-0.3, -0.25) is 9.36 Å². The topological polar surface area (TPSA) is 108 Å². The lowest BCUT2D eigenvalue weighted by molar-refractivity contribution is -0.870. The van der Waals surface area contributed by atoms with Crippen LogP contribution in [-0.4, -0.2) is 68.5 Å². The molecule has 3 unspecified atom stereocenters. The number of aliphatic hydroxyl groups excluding tert-OH is 1. The van der Waals surface area contributed by atoms with Gasteiger partial charge in [0.15, 0.2) is 0 Å². The third-order valence-electron chi connectivity index (χ3n) is 16.1. The number of aliphatic hydroxyl groups is 1. The summed E-state index contributed by atoms with van der Waals surface area (Å²) < 4.78 is 23.5. The van der Waals surface area contributed by atoms with E-state index < -0.39 is 20.0 Å². The fraction of sp³-hybridized carbons (Fsp3) is 0.800. The number of amides is 1. The van der Waals surface area contributed by atoms with Gasteiger partial charge in [0, 0.05) is 6.42 Å². The van der Waals surface area contributed by atoms with Gasteiger partial charge in [0.2, 0.25) is 5.91 Å². The number of carbonyl (C=O) groups excluding carboxylic acids is 1. The number of hydrogen-bond donors (Lipinski definition) is 2. The van der Waals surface area contributed by atoms with E-state index in [1.165, 1.54) is 238 Å². The zero-order valence-corrected chi connectivity index (χ0v) is 57.0. The Balaban J connectivity index is 4.07. The molecule has 0 aromatic rings. The fourth-order valence-electron chi connectivity index (χ4n) is 10.6. The number of nitrogens with one attached hydrogen (secondary N) is 1. The molecule has 0 heterocycles. The van der Waals surface area contributed by atoms with E-state index in [1.807, 2.05) is 27.2 Å². The molecule has 0 saturated carbocycles. The highest BCUT2D eigenvalue weighted by molar-refractivity contribution is 7.45. The molecule has 8 nitrogen and oxygen atoms in total. The van der Waals surface area contributed by atoms with Gasteiger partial charge in [-0.05, 0) is 70.6 Å². The molecule has 2 N–H and O–H groups in total. The van der Waals surface area contributed by atoms with Crippen molar-refractivity contribution in [3.63, 3.8) is 0 Å². The number of unbranched alkanes of at least 4 members (excludes halogenated alkanes) is 41. The van der Waals surface area contributed by atoms with E-state index in [0.29, 0.717) is 17.4 Å². The monoisotopic (exact) mass is 1200 g/mol.